The van der Waals surface area contributed by atoms with E-state index >= 15 is 0 Å². The Kier molecular flexibility index (Phi) is 5.86. The quantitative estimate of drug-likeness (QED) is 0.565. The van der Waals surface area contributed by atoms with Gasteiger partial charge in [-0.15, -0.1) is 0 Å². The summed E-state index contributed by atoms with van der Waals surface area (Å²) in [5, 5.41) is 7.52. The second-order valence-electron chi connectivity index (χ2n) is 7.48. The molecule has 6 nitrogen and oxygen atoms in total. The zero-order valence-corrected chi connectivity index (χ0v) is 17.6. The number of H-pyrrole nitrogens is 1. The number of hydrogen-bond donors (Lipinski definition) is 1. The third kappa shape index (κ3) is 3.71. The molecule has 2 heterocycles. The summed E-state index contributed by atoms with van der Waals surface area (Å²) in [4.78, 5) is 15.1. The Morgan fingerprint density at radius 3 is 2.50 bits per heavy atom. The zero-order valence-electron chi connectivity index (χ0n) is 17.6. The fraction of sp³-hybridized carbons (Fsp3) is 0.333. The zero-order chi connectivity index (χ0) is 21.1. The van der Waals surface area contributed by atoms with Crippen molar-refractivity contribution in [3.8, 4) is 17.0 Å². The van der Waals surface area contributed by atoms with Crippen LogP contribution in [-0.2, 0) is 4.74 Å². The van der Waals surface area contributed by atoms with Gasteiger partial charge in [0.05, 0.1) is 18.3 Å². The number of rotatable bonds is 8. The number of fused-ring (bicyclic) bond motifs is 1. The molecule has 6 heteroatoms. The SMILES string of the molecule is CCOc1ccc(C2c3c(-c4ccc(C)cc4)n[nH]c3C(=O)N2CCCOC)cc1. The van der Waals surface area contributed by atoms with Crippen LogP contribution in [0, 0.1) is 6.92 Å². The lowest BCUT2D eigenvalue weighted by Crippen LogP contribution is -2.31. The molecule has 0 saturated carbocycles. The Bertz CT molecular complexity index is 1010. The van der Waals surface area contributed by atoms with E-state index in [2.05, 4.69) is 41.4 Å². The predicted octanol–water partition coefficient (Wildman–Crippen LogP) is 4.37. The number of aromatic nitrogens is 2. The van der Waals surface area contributed by atoms with E-state index in [9.17, 15) is 4.79 Å². The Hall–Kier alpha value is -3.12. The molecule has 0 radical (unpaired) electrons. The maximum atomic E-state index is 13.2. The number of hydrogen-bond acceptors (Lipinski definition) is 4. The van der Waals surface area contributed by atoms with E-state index in [0.717, 1.165) is 34.6 Å². The largest absolute Gasteiger partial charge is 0.494 e. The summed E-state index contributed by atoms with van der Waals surface area (Å²) in [5.41, 5.74) is 5.56. The second kappa shape index (κ2) is 8.71. The maximum absolute atomic E-state index is 13.2. The van der Waals surface area contributed by atoms with Crippen LogP contribution in [0.15, 0.2) is 48.5 Å². The Balaban J connectivity index is 1.77. The average Bonchev–Trinajstić information content (AvgIpc) is 3.29. The van der Waals surface area contributed by atoms with E-state index in [1.54, 1.807) is 7.11 Å². The molecule has 156 valence electrons. The molecule has 3 aromatic rings. The van der Waals surface area contributed by atoms with E-state index in [1.807, 2.05) is 36.1 Å². The van der Waals surface area contributed by atoms with Gasteiger partial charge in [-0.3, -0.25) is 9.89 Å². The first kappa shape index (κ1) is 20.2. The molecule has 4 rings (SSSR count). The van der Waals surface area contributed by atoms with Gasteiger partial charge in [0, 0.05) is 31.4 Å². The molecular formula is C24H27N3O3. The lowest BCUT2D eigenvalue weighted by atomic mass is 9.95. The van der Waals surface area contributed by atoms with Gasteiger partial charge in [0.1, 0.15) is 11.4 Å². The van der Waals surface area contributed by atoms with Gasteiger partial charge in [-0.05, 0) is 38.0 Å². The van der Waals surface area contributed by atoms with Gasteiger partial charge in [-0.25, -0.2) is 0 Å². The fourth-order valence-electron chi connectivity index (χ4n) is 4.00. The predicted molar refractivity (Wildman–Crippen MR) is 116 cm³/mol. The van der Waals surface area contributed by atoms with Crippen molar-refractivity contribution < 1.29 is 14.3 Å². The molecule has 1 amide bonds. The van der Waals surface area contributed by atoms with Crippen molar-refractivity contribution in [1.82, 2.24) is 15.1 Å². The Labute approximate surface area is 176 Å². The summed E-state index contributed by atoms with van der Waals surface area (Å²) in [7, 11) is 1.68. The number of carbonyl (C=O) groups excluding carboxylic acids is 1. The van der Waals surface area contributed by atoms with Crippen molar-refractivity contribution in [2.24, 2.45) is 0 Å². The van der Waals surface area contributed by atoms with Crippen LogP contribution in [-0.4, -0.2) is 47.9 Å². The van der Waals surface area contributed by atoms with Crippen LogP contribution in [0.3, 0.4) is 0 Å². The first-order valence-corrected chi connectivity index (χ1v) is 10.3. The maximum Gasteiger partial charge on any atom is 0.273 e. The van der Waals surface area contributed by atoms with Crippen molar-refractivity contribution in [1.29, 1.82) is 0 Å². The van der Waals surface area contributed by atoms with Crippen LogP contribution in [0.5, 0.6) is 5.75 Å². The monoisotopic (exact) mass is 405 g/mol. The summed E-state index contributed by atoms with van der Waals surface area (Å²) in [6, 6.07) is 16.0. The highest BCUT2D eigenvalue weighted by molar-refractivity contribution is 6.00. The van der Waals surface area contributed by atoms with Crippen LogP contribution in [0.4, 0.5) is 0 Å². The molecule has 0 spiro atoms. The number of methoxy groups -OCH3 is 1. The van der Waals surface area contributed by atoms with Gasteiger partial charge < -0.3 is 14.4 Å². The lowest BCUT2D eigenvalue weighted by Gasteiger charge is -2.26. The van der Waals surface area contributed by atoms with Gasteiger partial charge in [-0.2, -0.15) is 5.10 Å². The number of carbonyl (C=O) groups is 1. The van der Waals surface area contributed by atoms with E-state index in [0.29, 0.717) is 25.5 Å². The van der Waals surface area contributed by atoms with Crippen molar-refractivity contribution in [3.63, 3.8) is 0 Å². The van der Waals surface area contributed by atoms with E-state index in [4.69, 9.17) is 9.47 Å². The van der Waals surface area contributed by atoms with Gasteiger partial charge in [0.25, 0.3) is 5.91 Å². The van der Waals surface area contributed by atoms with Crippen molar-refractivity contribution in [3.05, 3.63) is 70.9 Å². The normalized spacial score (nSPS) is 15.5. The smallest absolute Gasteiger partial charge is 0.273 e. The van der Waals surface area contributed by atoms with Gasteiger partial charge >= 0.3 is 0 Å². The highest BCUT2D eigenvalue weighted by Gasteiger charge is 2.41. The third-order valence-corrected chi connectivity index (χ3v) is 5.44. The molecule has 1 atom stereocenters. The van der Waals surface area contributed by atoms with Gasteiger partial charge in [-0.1, -0.05) is 42.0 Å². The number of aryl methyl sites for hydroxylation is 1. The number of nitrogens with one attached hydrogen (secondary N) is 1. The van der Waals surface area contributed by atoms with Gasteiger partial charge in [0.2, 0.25) is 0 Å². The summed E-state index contributed by atoms with van der Waals surface area (Å²) < 4.78 is 10.8. The minimum Gasteiger partial charge on any atom is -0.494 e. The standard InChI is InChI=1S/C24H27N3O3/c1-4-30-19-12-10-18(11-13-19)23-20-21(17-8-6-16(2)7-9-17)25-26-22(20)24(28)27(23)14-5-15-29-3/h6-13,23H,4-5,14-15H2,1-3H3,(H,25,26). The summed E-state index contributed by atoms with van der Waals surface area (Å²) >= 11 is 0. The van der Waals surface area contributed by atoms with Crippen LogP contribution in [0.2, 0.25) is 0 Å². The van der Waals surface area contributed by atoms with Gasteiger partial charge in [0.15, 0.2) is 0 Å². The number of benzene rings is 2. The molecule has 2 aromatic carbocycles. The molecule has 1 unspecified atom stereocenters. The molecule has 0 bridgehead atoms. The summed E-state index contributed by atoms with van der Waals surface area (Å²) in [5.74, 6) is 0.800. The highest BCUT2D eigenvalue weighted by atomic mass is 16.5. The highest BCUT2D eigenvalue weighted by Crippen LogP contribution is 2.43. The van der Waals surface area contributed by atoms with E-state index in [-0.39, 0.29) is 11.9 Å². The first-order chi connectivity index (χ1) is 14.6. The first-order valence-electron chi connectivity index (χ1n) is 10.3. The van der Waals surface area contributed by atoms with Crippen LogP contribution in [0.25, 0.3) is 11.3 Å². The molecule has 30 heavy (non-hydrogen) atoms. The van der Waals surface area contributed by atoms with Crippen LogP contribution >= 0.6 is 0 Å². The molecule has 1 aromatic heterocycles. The molecule has 1 aliphatic heterocycles. The summed E-state index contributed by atoms with van der Waals surface area (Å²) in [6.45, 7) is 5.86. The average molecular weight is 405 g/mol. The fourth-order valence-corrected chi connectivity index (χ4v) is 4.00. The summed E-state index contributed by atoms with van der Waals surface area (Å²) in [6.07, 6.45) is 0.771. The lowest BCUT2D eigenvalue weighted by molar-refractivity contribution is 0.0723. The van der Waals surface area contributed by atoms with E-state index < -0.39 is 0 Å². The van der Waals surface area contributed by atoms with Crippen LogP contribution in [0.1, 0.15) is 46.6 Å². The Morgan fingerprint density at radius 2 is 1.83 bits per heavy atom. The number of ether oxygens (including phenoxy) is 2. The molecule has 1 N–H and O–H groups in total. The number of aromatic amines is 1. The minimum absolute atomic E-state index is 0.0224. The Morgan fingerprint density at radius 1 is 1.10 bits per heavy atom. The molecule has 1 aliphatic rings. The van der Waals surface area contributed by atoms with Crippen molar-refractivity contribution in [2.75, 3.05) is 26.9 Å². The number of amides is 1. The molecule has 0 fully saturated rings. The molecular weight excluding hydrogens is 378 g/mol. The van der Waals surface area contributed by atoms with Crippen molar-refractivity contribution >= 4 is 5.91 Å². The van der Waals surface area contributed by atoms with Crippen LogP contribution < -0.4 is 4.74 Å². The van der Waals surface area contributed by atoms with E-state index in [1.165, 1.54) is 5.56 Å². The van der Waals surface area contributed by atoms with Crippen molar-refractivity contribution in [2.45, 2.75) is 26.3 Å². The molecule has 0 aliphatic carbocycles. The third-order valence-electron chi connectivity index (χ3n) is 5.44. The number of nitrogens with zero attached hydrogens (tertiary/aromatic N) is 2. The topological polar surface area (TPSA) is 67.5 Å². The second-order valence-corrected chi connectivity index (χ2v) is 7.48. The molecule has 0 saturated heterocycles. The minimum atomic E-state index is -0.199.